The van der Waals surface area contributed by atoms with Gasteiger partial charge in [-0.25, -0.2) is 9.97 Å². The van der Waals surface area contributed by atoms with Crippen molar-refractivity contribution in [3.63, 3.8) is 0 Å². The van der Waals surface area contributed by atoms with Crippen molar-refractivity contribution in [1.29, 1.82) is 0 Å². The van der Waals surface area contributed by atoms with E-state index in [2.05, 4.69) is 20.3 Å². The molecular formula is C22H17N5O2S. The van der Waals surface area contributed by atoms with Crippen LogP contribution in [-0.4, -0.2) is 25.4 Å². The van der Waals surface area contributed by atoms with Crippen LogP contribution in [0.4, 0.5) is 5.95 Å². The largest absolute Gasteiger partial charge is 0.472 e. The van der Waals surface area contributed by atoms with Crippen molar-refractivity contribution >= 4 is 34.2 Å². The van der Waals surface area contributed by atoms with Crippen molar-refractivity contribution in [3.05, 3.63) is 84.0 Å². The number of benzene rings is 1. The number of aryl methyl sites for hydroxylation is 2. The second-order valence-electron chi connectivity index (χ2n) is 6.65. The van der Waals surface area contributed by atoms with E-state index in [1.807, 2.05) is 53.1 Å². The number of anilines is 1. The number of furan rings is 1. The summed E-state index contributed by atoms with van der Waals surface area (Å²) in [6.07, 6.45) is 5.70. The minimum Gasteiger partial charge on any atom is -0.472 e. The van der Waals surface area contributed by atoms with Crippen molar-refractivity contribution in [3.8, 4) is 10.6 Å². The van der Waals surface area contributed by atoms with Crippen LogP contribution < -0.4 is 5.32 Å². The third-order valence-corrected chi connectivity index (χ3v) is 5.59. The Morgan fingerprint density at radius 1 is 1.10 bits per heavy atom. The van der Waals surface area contributed by atoms with Crippen molar-refractivity contribution < 1.29 is 9.21 Å². The van der Waals surface area contributed by atoms with Crippen LogP contribution in [0.5, 0.6) is 0 Å². The molecule has 4 aromatic heterocycles. The number of aromatic nitrogens is 4. The standard InChI is InChI=1S/C22H17N5O2S/c28-20(18-14-30-21(24-18)15-9-12-29-13-15)26-22-25-17-6-1-2-7-19(17)27(22)11-8-16-5-3-4-10-23-16/h1-7,9-10,12-14H,8,11H2,(H,25,26,28). The second-order valence-corrected chi connectivity index (χ2v) is 7.51. The number of carbonyl (C=O) groups excluding carboxylic acids is 1. The maximum Gasteiger partial charge on any atom is 0.277 e. The lowest BCUT2D eigenvalue weighted by molar-refractivity contribution is 0.102. The molecule has 0 bridgehead atoms. The molecule has 30 heavy (non-hydrogen) atoms. The number of hydrogen-bond donors (Lipinski definition) is 1. The van der Waals surface area contributed by atoms with E-state index in [1.165, 1.54) is 11.3 Å². The summed E-state index contributed by atoms with van der Waals surface area (Å²) in [6, 6.07) is 15.5. The molecule has 4 heterocycles. The highest BCUT2D eigenvalue weighted by molar-refractivity contribution is 7.13. The molecule has 0 unspecified atom stereocenters. The third-order valence-electron chi connectivity index (χ3n) is 4.70. The Labute approximate surface area is 176 Å². The van der Waals surface area contributed by atoms with Crippen molar-refractivity contribution in [2.24, 2.45) is 0 Å². The average Bonchev–Trinajstić information content (AvgIpc) is 3.52. The van der Waals surface area contributed by atoms with Gasteiger partial charge in [0.25, 0.3) is 5.91 Å². The lowest BCUT2D eigenvalue weighted by atomic mass is 10.2. The zero-order chi connectivity index (χ0) is 20.3. The summed E-state index contributed by atoms with van der Waals surface area (Å²) in [5.41, 5.74) is 3.96. The Morgan fingerprint density at radius 2 is 2.00 bits per heavy atom. The second kappa shape index (κ2) is 7.92. The molecule has 7 nitrogen and oxygen atoms in total. The van der Waals surface area contributed by atoms with Crippen LogP contribution in [0.25, 0.3) is 21.6 Å². The van der Waals surface area contributed by atoms with Gasteiger partial charge in [-0.1, -0.05) is 18.2 Å². The zero-order valence-corrected chi connectivity index (χ0v) is 16.7. The predicted molar refractivity (Wildman–Crippen MR) is 115 cm³/mol. The SMILES string of the molecule is O=C(Nc1nc2ccccc2n1CCc1ccccn1)c1csc(-c2ccoc2)n1. The van der Waals surface area contributed by atoms with Crippen LogP contribution in [0.1, 0.15) is 16.2 Å². The number of hydrogen-bond acceptors (Lipinski definition) is 6. The first-order valence-electron chi connectivity index (χ1n) is 9.42. The molecule has 8 heteroatoms. The van der Waals surface area contributed by atoms with Gasteiger partial charge in [0, 0.05) is 35.8 Å². The van der Waals surface area contributed by atoms with Gasteiger partial charge in [-0.05, 0) is 30.3 Å². The minimum atomic E-state index is -0.296. The van der Waals surface area contributed by atoms with E-state index in [9.17, 15) is 4.79 Å². The summed E-state index contributed by atoms with van der Waals surface area (Å²) in [6.45, 7) is 0.643. The summed E-state index contributed by atoms with van der Waals surface area (Å²) in [5, 5.41) is 5.39. The molecule has 5 rings (SSSR count). The van der Waals surface area contributed by atoms with Gasteiger partial charge in [0.1, 0.15) is 17.0 Å². The van der Waals surface area contributed by atoms with E-state index in [4.69, 9.17) is 4.42 Å². The fourth-order valence-electron chi connectivity index (χ4n) is 3.23. The van der Waals surface area contributed by atoms with Gasteiger partial charge in [-0.3, -0.25) is 15.1 Å². The molecular weight excluding hydrogens is 398 g/mol. The molecule has 1 N–H and O–H groups in total. The quantitative estimate of drug-likeness (QED) is 0.437. The van der Waals surface area contributed by atoms with E-state index in [0.717, 1.165) is 33.7 Å². The van der Waals surface area contributed by atoms with Gasteiger partial charge in [-0.15, -0.1) is 11.3 Å². The number of para-hydroxylation sites is 2. The molecule has 0 spiro atoms. The summed E-state index contributed by atoms with van der Waals surface area (Å²) < 4.78 is 7.10. The van der Waals surface area contributed by atoms with E-state index < -0.39 is 0 Å². The van der Waals surface area contributed by atoms with Crippen LogP contribution >= 0.6 is 11.3 Å². The first-order chi connectivity index (χ1) is 14.8. The van der Waals surface area contributed by atoms with Gasteiger partial charge >= 0.3 is 0 Å². The lowest BCUT2D eigenvalue weighted by Gasteiger charge is -2.09. The Balaban J connectivity index is 1.41. The van der Waals surface area contributed by atoms with E-state index in [0.29, 0.717) is 18.2 Å². The summed E-state index contributed by atoms with van der Waals surface area (Å²) in [5.74, 6) is 0.199. The summed E-state index contributed by atoms with van der Waals surface area (Å²) >= 11 is 1.40. The number of thiazole rings is 1. The lowest BCUT2D eigenvalue weighted by Crippen LogP contribution is -2.17. The van der Waals surface area contributed by atoms with Crippen LogP contribution in [0, 0.1) is 0 Å². The number of rotatable bonds is 6. The van der Waals surface area contributed by atoms with Crippen LogP contribution in [-0.2, 0) is 13.0 Å². The molecule has 148 valence electrons. The van der Waals surface area contributed by atoms with Crippen LogP contribution in [0.3, 0.4) is 0 Å². The molecule has 0 radical (unpaired) electrons. The topological polar surface area (TPSA) is 85.8 Å². The van der Waals surface area contributed by atoms with Gasteiger partial charge in [-0.2, -0.15) is 0 Å². The molecule has 1 aromatic carbocycles. The Bertz CT molecular complexity index is 1290. The van der Waals surface area contributed by atoms with Gasteiger partial charge in [0.05, 0.1) is 17.3 Å². The van der Waals surface area contributed by atoms with Crippen molar-refractivity contribution in [1.82, 2.24) is 19.5 Å². The summed E-state index contributed by atoms with van der Waals surface area (Å²) in [7, 11) is 0. The van der Waals surface area contributed by atoms with Crippen LogP contribution in [0.2, 0.25) is 0 Å². The number of carbonyl (C=O) groups is 1. The Morgan fingerprint density at radius 3 is 2.83 bits per heavy atom. The highest BCUT2D eigenvalue weighted by atomic mass is 32.1. The maximum absolute atomic E-state index is 12.8. The molecule has 0 atom stereocenters. The van der Waals surface area contributed by atoms with Crippen molar-refractivity contribution in [2.45, 2.75) is 13.0 Å². The third kappa shape index (κ3) is 3.60. The summed E-state index contributed by atoms with van der Waals surface area (Å²) in [4.78, 5) is 26.3. The van der Waals surface area contributed by atoms with Gasteiger partial charge < -0.3 is 8.98 Å². The molecule has 0 saturated heterocycles. The number of nitrogens with zero attached hydrogens (tertiary/aromatic N) is 4. The number of nitrogens with one attached hydrogen (secondary N) is 1. The molecule has 0 aliphatic carbocycles. The fourth-order valence-corrected chi connectivity index (χ4v) is 4.02. The first-order valence-corrected chi connectivity index (χ1v) is 10.3. The molecule has 0 aliphatic heterocycles. The normalized spacial score (nSPS) is 11.1. The smallest absolute Gasteiger partial charge is 0.277 e. The number of fused-ring (bicyclic) bond motifs is 1. The highest BCUT2D eigenvalue weighted by Gasteiger charge is 2.17. The predicted octanol–water partition coefficient (Wildman–Crippen LogP) is 4.64. The zero-order valence-electron chi connectivity index (χ0n) is 15.9. The monoisotopic (exact) mass is 415 g/mol. The van der Waals surface area contributed by atoms with E-state index in [-0.39, 0.29) is 5.91 Å². The van der Waals surface area contributed by atoms with E-state index in [1.54, 1.807) is 24.1 Å². The number of amides is 1. The molecule has 0 fully saturated rings. The molecule has 5 aromatic rings. The number of imidazole rings is 1. The van der Waals surface area contributed by atoms with Crippen LogP contribution in [0.15, 0.2) is 77.1 Å². The Kier molecular flexibility index (Phi) is 4.82. The highest BCUT2D eigenvalue weighted by Crippen LogP contribution is 2.25. The number of pyridine rings is 1. The van der Waals surface area contributed by atoms with Crippen molar-refractivity contribution in [2.75, 3.05) is 5.32 Å². The maximum atomic E-state index is 12.8. The molecule has 0 aliphatic rings. The molecule has 0 saturated carbocycles. The first kappa shape index (κ1) is 18.3. The fraction of sp³-hybridized carbons (Fsp3) is 0.0909. The van der Waals surface area contributed by atoms with Gasteiger partial charge in [0.15, 0.2) is 0 Å². The Hall–Kier alpha value is -3.78. The van der Waals surface area contributed by atoms with Gasteiger partial charge in [0.2, 0.25) is 5.95 Å². The molecule has 1 amide bonds. The average molecular weight is 415 g/mol. The van der Waals surface area contributed by atoms with E-state index >= 15 is 0 Å². The minimum absolute atomic E-state index is 0.296.